The summed E-state index contributed by atoms with van der Waals surface area (Å²) < 4.78 is 4.90. The van der Waals surface area contributed by atoms with E-state index in [9.17, 15) is 9.59 Å². The number of ether oxygens (including phenoxy) is 1. The van der Waals surface area contributed by atoms with E-state index in [1.165, 1.54) is 7.11 Å². The summed E-state index contributed by atoms with van der Waals surface area (Å²) in [6, 6.07) is 9.54. The molecule has 1 N–H and O–H groups in total. The van der Waals surface area contributed by atoms with Crippen molar-refractivity contribution in [1.29, 1.82) is 0 Å². The lowest BCUT2D eigenvalue weighted by Gasteiger charge is -2.24. The second-order valence-electron chi connectivity index (χ2n) is 5.22. The maximum Gasteiger partial charge on any atom is 0.314 e. The van der Waals surface area contributed by atoms with Gasteiger partial charge in [-0.3, -0.25) is 9.59 Å². The van der Waals surface area contributed by atoms with E-state index in [-0.39, 0.29) is 23.7 Å². The number of carbonyl (C=O) groups is 2. The van der Waals surface area contributed by atoms with Gasteiger partial charge in [0, 0.05) is 26.1 Å². The number of hydrogen-bond donors (Lipinski definition) is 1. The van der Waals surface area contributed by atoms with E-state index >= 15 is 0 Å². The first-order valence-electron chi connectivity index (χ1n) is 7.02. The van der Waals surface area contributed by atoms with E-state index < -0.39 is 0 Å². The van der Waals surface area contributed by atoms with Crippen LogP contribution in [0.25, 0.3) is 0 Å². The SMILES string of the molecule is CNC(=O)C(C)CN(C)CC(C(=O)OC)c1ccccc1. The molecular formula is C16H24N2O3. The van der Waals surface area contributed by atoms with Crippen molar-refractivity contribution >= 4 is 11.9 Å². The first kappa shape index (κ1) is 17.2. The van der Waals surface area contributed by atoms with Crippen LogP contribution in [0.5, 0.6) is 0 Å². The van der Waals surface area contributed by atoms with Crippen molar-refractivity contribution in [2.75, 3.05) is 34.3 Å². The topological polar surface area (TPSA) is 58.6 Å². The highest BCUT2D eigenvalue weighted by molar-refractivity contribution is 5.79. The molecule has 1 rings (SSSR count). The Morgan fingerprint density at radius 1 is 1.24 bits per heavy atom. The second-order valence-corrected chi connectivity index (χ2v) is 5.22. The fourth-order valence-electron chi connectivity index (χ4n) is 2.33. The molecule has 0 heterocycles. The Morgan fingerprint density at radius 3 is 2.38 bits per heavy atom. The molecule has 0 aliphatic rings. The van der Waals surface area contributed by atoms with E-state index in [4.69, 9.17) is 4.74 Å². The predicted molar refractivity (Wildman–Crippen MR) is 81.9 cm³/mol. The lowest BCUT2D eigenvalue weighted by atomic mass is 9.98. The minimum Gasteiger partial charge on any atom is -0.469 e. The largest absolute Gasteiger partial charge is 0.469 e. The molecule has 0 spiro atoms. The normalized spacial score (nSPS) is 13.6. The van der Waals surface area contributed by atoms with Gasteiger partial charge in [-0.1, -0.05) is 37.3 Å². The Balaban J connectivity index is 2.74. The van der Waals surface area contributed by atoms with Gasteiger partial charge in [0.2, 0.25) is 5.91 Å². The summed E-state index contributed by atoms with van der Waals surface area (Å²) in [6.07, 6.45) is 0. The van der Waals surface area contributed by atoms with Crippen molar-refractivity contribution in [3.63, 3.8) is 0 Å². The van der Waals surface area contributed by atoms with Crippen LogP contribution in [0.2, 0.25) is 0 Å². The zero-order valence-corrected chi connectivity index (χ0v) is 13.1. The van der Waals surface area contributed by atoms with Crippen LogP contribution in [0.3, 0.4) is 0 Å². The van der Waals surface area contributed by atoms with Gasteiger partial charge in [0.05, 0.1) is 13.0 Å². The minimum absolute atomic E-state index is 0.00354. The molecule has 0 aliphatic carbocycles. The number of hydrogen-bond acceptors (Lipinski definition) is 4. The summed E-state index contributed by atoms with van der Waals surface area (Å²) in [6.45, 7) is 2.96. The van der Waals surface area contributed by atoms with E-state index in [0.717, 1.165) is 5.56 Å². The number of nitrogens with one attached hydrogen (secondary N) is 1. The summed E-state index contributed by atoms with van der Waals surface area (Å²) >= 11 is 0. The van der Waals surface area contributed by atoms with Gasteiger partial charge in [0.1, 0.15) is 0 Å². The van der Waals surface area contributed by atoms with Crippen LogP contribution in [0.1, 0.15) is 18.4 Å². The maximum atomic E-state index is 12.0. The van der Waals surface area contributed by atoms with Crippen molar-refractivity contribution in [1.82, 2.24) is 10.2 Å². The highest BCUT2D eigenvalue weighted by atomic mass is 16.5. The molecule has 1 aromatic rings. The summed E-state index contributed by atoms with van der Waals surface area (Å²) in [5.41, 5.74) is 0.920. The molecule has 1 amide bonds. The van der Waals surface area contributed by atoms with Gasteiger partial charge in [-0.2, -0.15) is 0 Å². The zero-order valence-electron chi connectivity index (χ0n) is 13.1. The molecule has 2 unspecified atom stereocenters. The average Bonchev–Trinajstić information content (AvgIpc) is 2.51. The Bertz CT molecular complexity index is 462. The van der Waals surface area contributed by atoms with Crippen molar-refractivity contribution in [2.24, 2.45) is 5.92 Å². The molecular weight excluding hydrogens is 268 g/mol. The van der Waals surface area contributed by atoms with E-state index in [0.29, 0.717) is 13.1 Å². The van der Waals surface area contributed by atoms with Crippen LogP contribution in [-0.2, 0) is 14.3 Å². The molecule has 116 valence electrons. The Morgan fingerprint density at radius 2 is 1.86 bits per heavy atom. The number of nitrogens with zero attached hydrogens (tertiary/aromatic N) is 1. The fourth-order valence-corrected chi connectivity index (χ4v) is 2.33. The van der Waals surface area contributed by atoms with Crippen LogP contribution < -0.4 is 5.32 Å². The maximum absolute atomic E-state index is 12.0. The zero-order chi connectivity index (χ0) is 15.8. The van der Waals surface area contributed by atoms with E-state index in [1.807, 2.05) is 49.2 Å². The second kappa shape index (κ2) is 8.42. The molecule has 0 aliphatic heterocycles. The Hall–Kier alpha value is -1.88. The van der Waals surface area contributed by atoms with Crippen LogP contribution in [0, 0.1) is 5.92 Å². The molecule has 0 aromatic heterocycles. The summed E-state index contributed by atoms with van der Waals surface area (Å²) in [5, 5.41) is 2.63. The molecule has 0 bridgehead atoms. The number of carbonyl (C=O) groups excluding carboxylic acids is 2. The average molecular weight is 292 g/mol. The monoisotopic (exact) mass is 292 g/mol. The van der Waals surface area contributed by atoms with Gasteiger partial charge in [0.25, 0.3) is 0 Å². The number of esters is 1. The number of rotatable bonds is 7. The lowest BCUT2D eigenvalue weighted by molar-refractivity contribution is -0.142. The highest BCUT2D eigenvalue weighted by Gasteiger charge is 2.24. The van der Waals surface area contributed by atoms with Crippen LogP contribution in [-0.4, -0.2) is 51.1 Å². The standard InChI is InChI=1S/C16H24N2O3/c1-12(15(19)17-2)10-18(3)11-14(16(20)21-4)13-8-6-5-7-9-13/h5-9,12,14H,10-11H2,1-4H3,(H,17,19). The summed E-state index contributed by atoms with van der Waals surface area (Å²) in [4.78, 5) is 25.5. The molecule has 5 nitrogen and oxygen atoms in total. The van der Waals surface area contributed by atoms with Gasteiger partial charge in [-0.25, -0.2) is 0 Å². The van der Waals surface area contributed by atoms with Crippen molar-refractivity contribution in [3.8, 4) is 0 Å². The molecule has 2 atom stereocenters. The molecule has 0 saturated heterocycles. The first-order chi connectivity index (χ1) is 9.99. The van der Waals surface area contributed by atoms with E-state index in [2.05, 4.69) is 5.32 Å². The van der Waals surface area contributed by atoms with Crippen molar-refractivity contribution in [3.05, 3.63) is 35.9 Å². The minimum atomic E-state index is -0.349. The fraction of sp³-hybridized carbons (Fsp3) is 0.500. The Labute approximate surface area is 126 Å². The molecule has 0 radical (unpaired) electrons. The van der Waals surface area contributed by atoms with Gasteiger partial charge in [-0.15, -0.1) is 0 Å². The van der Waals surface area contributed by atoms with Crippen molar-refractivity contribution in [2.45, 2.75) is 12.8 Å². The first-order valence-corrected chi connectivity index (χ1v) is 7.02. The number of benzene rings is 1. The van der Waals surface area contributed by atoms with Gasteiger partial charge in [0.15, 0.2) is 0 Å². The molecule has 1 aromatic carbocycles. The summed E-state index contributed by atoms with van der Waals surface area (Å²) in [5.74, 6) is -0.746. The van der Waals surface area contributed by atoms with Gasteiger partial charge in [-0.05, 0) is 12.6 Å². The highest BCUT2D eigenvalue weighted by Crippen LogP contribution is 2.18. The smallest absolute Gasteiger partial charge is 0.314 e. The van der Waals surface area contributed by atoms with Crippen LogP contribution in [0.4, 0.5) is 0 Å². The quantitative estimate of drug-likeness (QED) is 0.769. The van der Waals surface area contributed by atoms with E-state index in [1.54, 1.807) is 7.05 Å². The lowest BCUT2D eigenvalue weighted by Crippen LogP contribution is -2.37. The van der Waals surface area contributed by atoms with Gasteiger partial charge >= 0.3 is 5.97 Å². The number of methoxy groups -OCH3 is 1. The predicted octanol–water partition coefficient (Wildman–Crippen LogP) is 1.26. The third-order valence-corrected chi connectivity index (χ3v) is 3.46. The number of amides is 1. The number of likely N-dealkylation sites (N-methyl/N-ethyl adjacent to an activating group) is 1. The summed E-state index contributed by atoms with van der Waals surface area (Å²) in [7, 11) is 4.92. The molecule has 0 saturated carbocycles. The molecule has 21 heavy (non-hydrogen) atoms. The van der Waals surface area contributed by atoms with Crippen LogP contribution >= 0.6 is 0 Å². The van der Waals surface area contributed by atoms with Crippen molar-refractivity contribution < 1.29 is 14.3 Å². The third kappa shape index (κ3) is 5.19. The van der Waals surface area contributed by atoms with Gasteiger partial charge < -0.3 is 15.0 Å². The molecule has 0 fully saturated rings. The molecule has 5 heteroatoms. The third-order valence-electron chi connectivity index (χ3n) is 3.46. The van der Waals surface area contributed by atoms with Crippen LogP contribution in [0.15, 0.2) is 30.3 Å². The Kier molecular flexibility index (Phi) is 6.88.